The quantitative estimate of drug-likeness (QED) is 0.583. The second-order valence-corrected chi connectivity index (χ2v) is 5.94. The van der Waals surface area contributed by atoms with E-state index in [0.29, 0.717) is 27.0 Å². The molecule has 20 heavy (non-hydrogen) atoms. The van der Waals surface area contributed by atoms with Crippen molar-refractivity contribution in [3.05, 3.63) is 55.1 Å². The lowest BCUT2D eigenvalue weighted by atomic mass is 10.2. The van der Waals surface area contributed by atoms with Gasteiger partial charge in [0.25, 0.3) is 0 Å². The lowest BCUT2D eigenvalue weighted by Gasteiger charge is -2.12. The fourth-order valence-corrected chi connectivity index (χ4v) is 2.82. The zero-order valence-electron chi connectivity index (χ0n) is 10.2. The van der Waals surface area contributed by atoms with Gasteiger partial charge in [-0.3, -0.25) is 0 Å². The van der Waals surface area contributed by atoms with Crippen LogP contribution in [-0.2, 0) is 6.61 Å². The first-order chi connectivity index (χ1) is 9.52. The van der Waals surface area contributed by atoms with Crippen LogP contribution in [0.1, 0.15) is 11.1 Å². The molecule has 0 aliphatic carbocycles. The van der Waals surface area contributed by atoms with Gasteiger partial charge in [-0.05, 0) is 40.8 Å². The fraction of sp³-hybridized carbons (Fsp3) is 0.0714. The van der Waals surface area contributed by atoms with Gasteiger partial charge in [-0.25, -0.2) is 0 Å². The predicted molar refractivity (Wildman–Crippen MR) is 89.1 cm³/mol. The highest BCUT2D eigenvalue weighted by molar-refractivity contribution is 14.1. The normalized spacial score (nSPS) is 10.1. The van der Waals surface area contributed by atoms with Crippen molar-refractivity contribution in [1.82, 2.24) is 0 Å². The van der Waals surface area contributed by atoms with Crippen molar-refractivity contribution < 1.29 is 4.74 Å². The third-order valence-corrected chi connectivity index (χ3v) is 4.26. The van der Waals surface area contributed by atoms with E-state index in [1.807, 2.05) is 12.1 Å². The van der Waals surface area contributed by atoms with Crippen molar-refractivity contribution in [2.75, 3.05) is 5.73 Å². The molecule has 2 aromatic rings. The maximum atomic E-state index is 8.87. The molecule has 0 heterocycles. The molecule has 0 unspecified atom stereocenters. The Hall–Kier alpha value is -1.16. The molecule has 6 heteroatoms. The third-order valence-electron chi connectivity index (χ3n) is 2.61. The minimum atomic E-state index is 0.255. The minimum Gasteiger partial charge on any atom is -0.486 e. The first-order valence-electron chi connectivity index (χ1n) is 5.57. The molecule has 0 saturated heterocycles. The highest BCUT2D eigenvalue weighted by Gasteiger charge is 2.10. The Labute approximate surface area is 140 Å². The molecular formula is C14H9Cl2IN2O. The van der Waals surface area contributed by atoms with Gasteiger partial charge < -0.3 is 10.5 Å². The first-order valence-corrected chi connectivity index (χ1v) is 7.41. The molecule has 0 atom stereocenters. The first kappa shape index (κ1) is 15.2. The van der Waals surface area contributed by atoms with E-state index in [1.54, 1.807) is 24.3 Å². The van der Waals surface area contributed by atoms with Gasteiger partial charge in [0.05, 0.1) is 30.9 Å². The van der Waals surface area contributed by atoms with E-state index in [-0.39, 0.29) is 6.61 Å². The molecular weight excluding hydrogens is 410 g/mol. The van der Waals surface area contributed by atoms with Gasteiger partial charge in [0.15, 0.2) is 5.75 Å². The lowest BCUT2D eigenvalue weighted by Crippen LogP contribution is -2.02. The van der Waals surface area contributed by atoms with E-state index < -0.39 is 0 Å². The zero-order valence-corrected chi connectivity index (χ0v) is 13.8. The average molecular weight is 419 g/mol. The highest BCUT2D eigenvalue weighted by atomic mass is 127. The molecule has 102 valence electrons. The monoisotopic (exact) mass is 418 g/mol. The van der Waals surface area contributed by atoms with Crippen LogP contribution in [0, 0.1) is 14.9 Å². The summed E-state index contributed by atoms with van der Waals surface area (Å²) in [5.74, 6) is 0.542. The molecule has 0 aliphatic heterocycles. The Kier molecular flexibility index (Phi) is 4.97. The summed E-state index contributed by atoms with van der Waals surface area (Å²) in [6, 6.07) is 10.7. The van der Waals surface area contributed by atoms with Crippen molar-refractivity contribution in [3.63, 3.8) is 0 Å². The summed E-state index contributed by atoms with van der Waals surface area (Å²) in [7, 11) is 0. The largest absolute Gasteiger partial charge is 0.486 e. The number of halogens is 3. The molecule has 2 aromatic carbocycles. The van der Waals surface area contributed by atoms with Crippen LogP contribution < -0.4 is 10.5 Å². The molecule has 0 fully saturated rings. The summed E-state index contributed by atoms with van der Waals surface area (Å²) in [5, 5.41) is 9.82. The Bertz CT molecular complexity index is 675. The van der Waals surface area contributed by atoms with Gasteiger partial charge in [-0.2, -0.15) is 5.26 Å². The second kappa shape index (κ2) is 6.53. The lowest BCUT2D eigenvalue weighted by molar-refractivity contribution is 0.306. The second-order valence-electron chi connectivity index (χ2n) is 3.99. The van der Waals surface area contributed by atoms with Crippen molar-refractivity contribution in [2.45, 2.75) is 6.61 Å². The summed E-state index contributed by atoms with van der Waals surface area (Å²) in [6.07, 6.45) is 0. The molecule has 0 amide bonds. The summed E-state index contributed by atoms with van der Waals surface area (Å²) < 4.78 is 6.48. The predicted octanol–water partition coefficient (Wildman–Crippen LogP) is 4.63. The van der Waals surface area contributed by atoms with E-state index in [2.05, 4.69) is 22.6 Å². The Morgan fingerprint density at radius 2 is 2.05 bits per heavy atom. The van der Waals surface area contributed by atoms with Crippen LogP contribution in [0.4, 0.5) is 5.69 Å². The molecule has 2 rings (SSSR count). The number of nitrogens with two attached hydrogens (primary N) is 1. The number of hydrogen-bond donors (Lipinski definition) is 1. The Balaban J connectivity index is 2.24. The highest BCUT2D eigenvalue weighted by Crippen LogP contribution is 2.32. The summed E-state index contributed by atoms with van der Waals surface area (Å²) in [5.41, 5.74) is 7.59. The van der Waals surface area contributed by atoms with E-state index in [1.165, 1.54) is 0 Å². The van der Waals surface area contributed by atoms with E-state index in [4.69, 9.17) is 38.9 Å². The van der Waals surface area contributed by atoms with E-state index >= 15 is 0 Å². The number of nitrogen functional groups attached to an aromatic ring is 1. The topological polar surface area (TPSA) is 59.0 Å². The van der Waals surface area contributed by atoms with Gasteiger partial charge in [0.2, 0.25) is 0 Å². The number of hydrogen-bond acceptors (Lipinski definition) is 3. The third kappa shape index (κ3) is 3.29. The Morgan fingerprint density at radius 3 is 2.70 bits per heavy atom. The van der Waals surface area contributed by atoms with E-state index in [0.717, 1.165) is 9.13 Å². The van der Waals surface area contributed by atoms with Crippen molar-refractivity contribution in [1.29, 1.82) is 5.26 Å². The van der Waals surface area contributed by atoms with Crippen LogP contribution in [0.3, 0.4) is 0 Å². The van der Waals surface area contributed by atoms with Crippen LogP contribution in [0.15, 0.2) is 30.3 Å². The standard InChI is InChI=1S/C14H9Cl2IN2O/c15-10-3-1-2-9(13(10)16)7-20-14-11(17)4-8(6-18)5-12(14)19/h1-5H,7,19H2. The molecule has 0 spiro atoms. The molecule has 0 saturated carbocycles. The van der Waals surface area contributed by atoms with Crippen LogP contribution in [0.25, 0.3) is 0 Å². The molecule has 0 radical (unpaired) electrons. The van der Waals surface area contributed by atoms with Crippen molar-refractivity contribution >= 4 is 51.5 Å². The number of rotatable bonds is 3. The van der Waals surface area contributed by atoms with Gasteiger partial charge in [-0.1, -0.05) is 35.3 Å². The molecule has 0 aliphatic rings. The van der Waals surface area contributed by atoms with Crippen LogP contribution in [0.2, 0.25) is 10.0 Å². The maximum Gasteiger partial charge on any atom is 0.156 e. The summed E-state index contributed by atoms with van der Waals surface area (Å²) in [4.78, 5) is 0. The fourth-order valence-electron chi connectivity index (χ4n) is 1.64. The molecule has 3 nitrogen and oxygen atoms in total. The average Bonchev–Trinajstić information content (AvgIpc) is 2.42. The van der Waals surface area contributed by atoms with Crippen molar-refractivity contribution in [3.8, 4) is 11.8 Å². The SMILES string of the molecule is N#Cc1cc(N)c(OCc2cccc(Cl)c2Cl)c(I)c1. The molecule has 0 aromatic heterocycles. The minimum absolute atomic E-state index is 0.255. The number of nitrogens with zero attached hydrogens (tertiary/aromatic N) is 1. The van der Waals surface area contributed by atoms with Gasteiger partial charge in [0.1, 0.15) is 6.61 Å². The van der Waals surface area contributed by atoms with Gasteiger partial charge in [0, 0.05) is 5.56 Å². The Morgan fingerprint density at radius 1 is 1.30 bits per heavy atom. The molecule has 2 N–H and O–H groups in total. The zero-order chi connectivity index (χ0) is 14.7. The smallest absolute Gasteiger partial charge is 0.156 e. The van der Waals surface area contributed by atoms with Crippen molar-refractivity contribution in [2.24, 2.45) is 0 Å². The van der Waals surface area contributed by atoms with E-state index in [9.17, 15) is 0 Å². The van der Waals surface area contributed by atoms with Crippen LogP contribution >= 0.6 is 45.8 Å². The summed E-state index contributed by atoms with van der Waals surface area (Å²) >= 11 is 14.1. The number of nitriles is 1. The van der Waals surface area contributed by atoms with Gasteiger partial charge in [-0.15, -0.1) is 0 Å². The number of ether oxygens (including phenoxy) is 1. The maximum absolute atomic E-state index is 8.87. The van der Waals surface area contributed by atoms with Crippen LogP contribution in [0.5, 0.6) is 5.75 Å². The number of anilines is 1. The number of benzene rings is 2. The molecule has 0 bridgehead atoms. The van der Waals surface area contributed by atoms with Gasteiger partial charge >= 0.3 is 0 Å². The summed E-state index contributed by atoms with van der Waals surface area (Å²) in [6.45, 7) is 0.255. The van der Waals surface area contributed by atoms with Crippen LogP contribution in [-0.4, -0.2) is 0 Å².